The van der Waals surface area contributed by atoms with E-state index >= 15 is 0 Å². The third-order valence-electron chi connectivity index (χ3n) is 3.03. The minimum Gasteiger partial charge on any atom is -0.448 e. The molecule has 5 nitrogen and oxygen atoms in total. The van der Waals surface area contributed by atoms with E-state index in [1.54, 1.807) is 13.0 Å². The topological polar surface area (TPSA) is 65.2 Å². The largest absolute Gasteiger partial charge is 0.448 e. The van der Waals surface area contributed by atoms with Gasteiger partial charge < -0.3 is 9.15 Å². The lowest BCUT2D eigenvalue weighted by molar-refractivity contribution is 0.0285. The minimum absolute atomic E-state index is 0.278. The monoisotopic (exact) mass is 314 g/mol. The number of carbonyl (C=O) groups is 1. The van der Waals surface area contributed by atoms with Gasteiger partial charge in [0.15, 0.2) is 6.10 Å². The van der Waals surface area contributed by atoms with Crippen LogP contribution >= 0.6 is 11.3 Å². The van der Waals surface area contributed by atoms with Crippen molar-refractivity contribution in [3.63, 3.8) is 0 Å². The van der Waals surface area contributed by atoms with E-state index in [0.29, 0.717) is 10.8 Å². The molecular formula is C16H14N2O3S. The summed E-state index contributed by atoms with van der Waals surface area (Å²) in [5, 5.41) is 7.94. The minimum atomic E-state index is -0.597. The van der Waals surface area contributed by atoms with Crippen molar-refractivity contribution in [1.82, 2.24) is 10.2 Å². The van der Waals surface area contributed by atoms with Crippen molar-refractivity contribution in [2.75, 3.05) is 0 Å². The van der Waals surface area contributed by atoms with E-state index in [-0.39, 0.29) is 11.9 Å². The highest BCUT2D eigenvalue weighted by Gasteiger charge is 2.20. The number of carbonyl (C=O) groups excluding carboxylic acids is 1. The van der Waals surface area contributed by atoms with Crippen molar-refractivity contribution in [2.45, 2.75) is 20.0 Å². The van der Waals surface area contributed by atoms with Gasteiger partial charge in [-0.05, 0) is 38.1 Å². The van der Waals surface area contributed by atoms with E-state index in [1.807, 2.05) is 43.3 Å². The third-order valence-corrected chi connectivity index (χ3v) is 4.02. The Balaban J connectivity index is 1.72. The molecule has 0 aliphatic rings. The maximum Gasteiger partial charge on any atom is 0.349 e. The molecule has 0 spiro atoms. The highest BCUT2D eigenvalue weighted by molar-refractivity contribution is 7.13. The Labute approximate surface area is 131 Å². The molecule has 1 atom stereocenters. The maximum atomic E-state index is 12.0. The van der Waals surface area contributed by atoms with E-state index in [2.05, 4.69) is 10.2 Å². The van der Waals surface area contributed by atoms with Crippen molar-refractivity contribution < 1.29 is 13.9 Å². The van der Waals surface area contributed by atoms with Gasteiger partial charge in [-0.3, -0.25) is 0 Å². The maximum absolute atomic E-state index is 12.0. The van der Waals surface area contributed by atoms with Crippen molar-refractivity contribution in [3.05, 3.63) is 58.1 Å². The van der Waals surface area contributed by atoms with Gasteiger partial charge in [0.2, 0.25) is 5.89 Å². The van der Waals surface area contributed by atoms with E-state index in [4.69, 9.17) is 9.15 Å². The Morgan fingerprint density at radius 3 is 2.64 bits per heavy atom. The van der Waals surface area contributed by atoms with Crippen LogP contribution in [0.15, 0.2) is 46.9 Å². The first-order chi connectivity index (χ1) is 10.6. The molecule has 0 unspecified atom stereocenters. The molecule has 0 aliphatic carbocycles. The van der Waals surface area contributed by atoms with Crippen LogP contribution in [0.25, 0.3) is 11.5 Å². The normalized spacial score (nSPS) is 12.1. The fourth-order valence-electron chi connectivity index (χ4n) is 1.91. The van der Waals surface area contributed by atoms with Gasteiger partial charge in [-0.2, -0.15) is 0 Å². The molecule has 0 fully saturated rings. The van der Waals surface area contributed by atoms with E-state index in [0.717, 1.165) is 10.4 Å². The number of nitrogens with zero attached hydrogens (tertiary/aromatic N) is 2. The summed E-state index contributed by atoms with van der Waals surface area (Å²) >= 11 is 1.39. The number of thiophene rings is 1. The van der Waals surface area contributed by atoms with Crippen LogP contribution in [0.5, 0.6) is 0 Å². The van der Waals surface area contributed by atoms with Crippen LogP contribution in [0, 0.1) is 6.92 Å². The van der Waals surface area contributed by atoms with Crippen molar-refractivity contribution in [2.24, 2.45) is 0 Å². The summed E-state index contributed by atoms with van der Waals surface area (Å²) in [5.41, 5.74) is 0.827. The second kappa shape index (κ2) is 6.11. The van der Waals surface area contributed by atoms with Crippen LogP contribution < -0.4 is 0 Å². The molecule has 3 aromatic rings. The van der Waals surface area contributed by atoms with Crippen LogP contribution in [0.2, 0.25) is 0 Å². The van der Waals surface area contributed by atoms with Gasteiger partial charge in [-0.15, -0.1) is 21.5 Å². The first-order valence-corrected chi connectivity index (χ1v) is 7.61. The summed E-state index contributed by atoms with van der Waals surface area (Å²) in [5.74, 6) is 0.302. The van der Waals surface area contributed by atoms with Crippen LogP contribution in [-0.4, -0.2) is 16.2 Å². The summed E-state index contributed by atoms with van der Waals surface area (Å²) in [6.07, 6.45) is -0.597. The van der Waals surface area contributed by atoms with Crippen LogP contribution in [-0.2, 0) is 4.74 Å². The Bertz CT molecular complexity index is 780. The molecule has 0 bridgehead atoms. The second-order valence-corrected chi connectivity index (χ2v) is 6.06. The van der Waals surface area contributed by atoms with Gasteiger partial charge in [0.25, 0.3) is 5.89 Å². The summed E-state index contributed by atoms with van der Waals surface area (Å²) in [6, 6.07) is 13.1. The Hall–Kier alpha value is -2.47. The quantitative estimate of drug-likeness (QED) is 0.680. The highest BCUT2D eigenvalue weighted by atomic mass is 32.1. The van der Waals surface area contributed by atoms with Gasteiger partial charge in [0, 0.05) is 10.4 Å². The molecule has 3 rings (SSSR count). The zero-order valence-corrected chi connectivity index (χ0v) is 13.0. The Morgan fingerprint density at radius 1 is 1.18 bits per heavy atom. The molecule has 0 radical (unpaired) electrons. The molecule has 0 saturated carbocycles. The van der Waals surface area contributed by atoms with E-state index in [1.165, 1.54) is 11.3 Å². The molecule has 0 N–H and O–H groups in total. The highest BCUT2D eigenvalue weighted by Crippen LogP contribution is 2.24. The molecule has 6 heteroatoms. The zero-order chi connectivity index (χ0) is 15.5. The van der Waals surface area contributed by atoms with Gasteiger partial charge in [-0.1, -0.05) is 18.2 Å². The summed E-state index contributed by atoms with van der Waals surface area (Å²) in [6.45, 7) is 3.65. The molecule has 0 saturated heterocycles. The standard InChI is InChI=1S/C16H14N2O3S/c1-10-8-9-13(22-10)16(19)20-11(2)14-17-18-15(21-14)12-6-4-3-5-7-12/h3-9,11H,1-2H3/t11-/m0/s1. The predicted molar refractivity (Wildman–Crippen MR) is 82.6 cm³/mol. The number of benzene rings is 1. The number of ether oxygens (including phenoxy) is 1. The Kier molecular flexibility index (Phi) is 4.02. The fraction of sp³-hybridized carbons (Fsp3) is 0.188. The smallest absolute Gasteiger partial charge is 0.349 e. The molecule has 1 aromatic carbocycles. The fourth-order valence-corrected chi connectivity index (χ4v) is 2.66. The molecule has 22 heavy (non-hydrogen) atoms. The number of aryl methyl sites for hydroxylation is 1. The lowest BCUT2D eigenvalue weighted by atomic mass is 10.2. The number of esters is 1. The molecular weight excluding hydrogens is 300 g/mol. The average molecular weight is 314 g/mol. The first-order valence-electron chi connectivity index (χ1n) is 6.80. The molecule has 2 aromatic heterocycles. The zero-order valence-electron chi connectivity index (χ0n) is 12.1. The van der Waals surface area contributed by atoms with Crippen molar-refractivity contribution in [1.29, 1.82) is 0 Å². The van der Waals surface area contributed by atoms with Crippen molar-refractivity contribution >= 4 is 17.3 Å². The molecule has 2 heterocycles. The first kappa shape index (κ1) is 14.5. The second-order valence-electron chi connectivity index (χ2n) is 4.77. The van der Waals surface area contributed by atoms with Gasteiger partial charge >= 0.3 is 5.97 Å². The lowest BCUT2D eigenvalue weighted by Gasteiger charge is -2.07. The number of rotatable bonds is 4. The van der Waals surface area contributed by atoms with E-state index in [9.17, 15) is 4.79 Å². The summed E-state index contributed by atoms with van der Waals surface area (Å²) < 4.78 is 10.9. The number of hydrogen-bond acceptors (Lipinski definition) is 6. The van der Waals surface area contributed by atoms with Crippen LogP contribution in [0.4, 0.5) is 0 Å². The van der Waals surface area contributed by atoms with Gasteiger partial charge in [0.05, 0.1) is 0 Å². The SMILES string of the molecule is Cc1ccc(C(=O)O[C@@H](C)c2nnc(-c3ccccc3)o2)s1. The van der Waals surface area contributed by atoms with Crippen LogP contribution in [0.1, 0.15) is 33.5 Å². The van der Waals surface area contributed by atoms with Gasteiger partial charge in [0.1, 0.15) is 4.88 Å². The van der Waals surface area contributed by atoms with Crippen LogP contribution in [0.3, 0.4) is 0 Å². The van der Waals surface area contributed by atoms with Crippen molar-refractivity contribution in [3.8, 4) is 11.5 Å². The van der Waals surface area contributed by atoms with Gasteiger partial charge in [-0.25, -0.2) is 4.79 Å². The lowest BCUT2D eigenvalue weighted by Crippen LogP contribution is -2.08. The number of aromatic nitrogens is 2. The van der Waals surface area contributed by atoms with E-state index < -0.39 is 6.10 Å². The average Bonchev–Trinajstić information content (AvgIpc) is 3.17. The third kappa shape index (κ3) is 3.07. The summed E-state index contributed by atoms with van der Waals surface area (Å²) in [4.78, 5) is 13.6. The molecule has 112 valence electrons. The molecule has 0 aliphatic heterocycles. The Morgan fingerprint density at radius 2 is 1.95 bits per heavy atom. The molecule has 0 amide bonds. The summed E-state index contributed by atoms with van der Waals surface area (Å²) in [7, 11) is 0. The predicted octanol–water partition coefficient (Wildman–Crippen LogP) is 4.02. The number of hydrogen-bond donors (Lipinski definition) is 0.